The molecular formula is C15H12ClF3. The molecular weight excluding hydrogens is 273 g/mol. The minimum Gasteiger partial charge on any atom is -0.207 e. The first-order valence-corrected chi connectivity index (χ1v) is 6.19. The van der Waals surface area contributed by atoms with Crippen molar-refractivity contribution >= 4 is 11.6 Å². The van der Waals surface area contributed by atoms with Crippen LogP contribution >= 0.6 is 11.6 Å². The smallest absolute Gasteiger partial charge is 0.131 e. The van der Waals surface area contributed by atoms with Gasteiger partial charge in [0, 0.05) is 11.6 Å². The molecule has 0 saturated heterocycles. The molecule has 19 heavy (non-hydrogen) atoms. The second-order valence-corrected chi connectivity index (χ2v) is 4.92. The van der Waals surface area contributed by atoms with Crippen LogP contribution in [0.5, 0.6) is 0 Å². The highest BCUT2D eigenvalue weighted by molar-refractivity contribution is 6.22. The van der Waals surface area contributed by atoms with E-state index >= 15 is 0 Å². The number of rotatable bonds is 2. The molecule has 2 rings (SSSR count). The van der Waals surface area contributed by atoms with Gasteiger partial charge in [-0.2, -0.15) is 0 Å². The van der Waals surface area contributed by atoms with Crippen molar-refractivity contribution in [1.82, 2.24) is 0 Å². The van der Waals surface area contributed by atoms with Crippen LogP contribution in [0.2, 0.25) is 0 Å². The number of alkyl halides is 1. The van der Waals surface area contributed by atoms with Gasteiger partial charge in [-0.05, 0) is 48.7 Å². The first-order chi connectivity index (χ1) is 8.90. The standard InChI is InChI=1S/C15H12ClF3/c1-8-5-11(18)6-9(2)14(8)15(16)12-4-3-10(17)7-13(12)19/h3-7,15H,1-2H3. The molecule has 1 unspecified atom stereocenters. The molecule has 0 bridgehead atoms. The van der Waals surface area contributed by atoms with Crippen LogP contribution < -0.4 is 0 Å². The summed E-state index contributed by atoms with van der Waals surface area (Å²) in [5.74, 6) is -1.72. The zero-order valence-electron chi connectivity index (χ0n) is 10.5. The summed E-state index contributed by atoms with van der Waals surface area (Å²) in [4.78, 5) is 0. The molecule has 0 aromatic heterocycles. The van der Waals surface area contributed by atoms with Gasteiger partial charge in [-0.1, -0.05) is 6.07 Å². The van der Waals surface area contributed by atoms with E-state index in [9.17, 15) is 13.2 Å². The van der Waals surface area contributed by atoms with Crippen molar-refractivity contribution in [3.05, 3.63) is 70.0 Å². The largest absolute Gasteiger partial charge is 0.207 e. The first-order valence-electron chi connectivity index (χ1n) is 5.76. The molecule has 0 heterocycles. The number of benzene rings is 2. The SMILES string of the molecule is Cc1cc(F)cc(C)c1C(Cl)c1ccc(F)cc1F. The summed E-state index contributed by atoms with van der Waals surface area (Å²) in [6.07, 6.45) is 0. The van der Waals surface area contributed by atoms with Crippen molar-refractivity contribution in [3.8, 4) is 0 Å². The number of hydrogen-bond acceptors (Lipinski definition) is 0. The van der Waals surface area contributed by atoms with Crippen molar-refractivity contribution < 1.29 is 13.2 Å². The minimum absolute atomic E-state index is 0.181. The molecule has 0 aliphatic carbocycles. The lowest BCUT2D eigenvalue weighted by Gasteiger charge is -2.17. The predicted molar refractivity (Wildman–Crippen MR) is 69.9 cm³/mol. The van der Waals surface area contributed by atoms with Gasteiger partial charge < -0.3 is 0 Å². The Hall–Kier alpha value is -1.48. The van der Waals surface area contributed by atoms with Gasteiger partial charge in [-0.15, -0.1) is 11.6 Å². The molecule has 2 aromatic rings. The van der Waals surface area contributed by atoms with E-state index in [2.05, 4.69) is 0 Å². The van der Waals surface area contributed by atoms with Crippen LogP contribution in [-0.4, -0.2) is 0 Å². The molecule has 2 aromatic carbocycles. The summed E-state index contributed by atoms with van der Waals surface area (Å²) in [6, 6.07) is 5.95. The molecule has 100 valence electrons. The maximum absolute atomic E-state index is 13.7. The van der Waals surface area contributed by atoms with Gasteiger partial charge in [0.15, 0.2) is 0 Å². The Kier molecular flexibility index (Phi) is 3.85. The number of aryl methyl sites for hydroxylation is 2. The van der Waals surface area contributed by atoms with Crippen LogP contribution in [0.3, 0.4) is 0 Å². The van der Waals surface area contributed by atoms with Crippen LogP contribution in [0.15, 0.2) is 30.3 Å². The molecule has 0 spiro atoms. The summed E-state index contributed by atoms with van der Waals surface area (Å²) in [5, 5.41) is -0.777. The van der Waals surface area contributed by atoms with E-state index in [1.807, 2.05) is 0 Å². The molecule has 0 aliphatic rings. The third-order valence-electron chi connectivity index (χ3n) is 3.05. The summed E-state index contributed by atoms with van der Waals surface area (Å²) in [6.45, 7) is 3.42. The van der Waals surface area contributed by atoms with E-state index in [4.69, 9.17) is 11.6 Å². The minimum atomic E-state index is -0.777. The van der Waals surface area contributed by atoms with Crippen molar-refractivity contribution in [2.45, 2.75) is 19.2 Å². The van der Waals surface area contributed by atoms with Crippen molar-refractivity contribution in [1.29, 1.82) is 0 Å². The van der Waals surface area contributed by atoms with Gasteiger partial charge >= 0.3 is 0 Å². The highest BCUT2D eigenvalue weighted by atomic mass is 35.5. The normalized spacial score (nSPS) is 12.5. The van der Waals surface area contributed by atoms with Crippen LogP contribution in [0.1, 0.15) is 27.6 Å². The van der Waals surface area contributed by atoms with Crippen LogP contribution in [-0.2, 0) is 0 Å². The van der Waals surface area contributed by atoms with Gasteiger partial charge in [0.1, 0.15) is 17.5 Å². The van der Waals surface area contributed by atoms with Crippen LogP contribution in [0, 0.1) is 31.3 Å². The quantitative estimate of drug-likeness (QED) is 0.677. The van der Waals surface area contributed by atoms with E-state index in [1.165, 1.54) is 18.2 Å². The first kappa shape index (κ1) is 13.9. The molecule has 0 N–H and O–H groups in total. The Morgan fingerprint density at radius 2 is 1.47 bits per heavy atom. The number of halogens is 4. The van der Waals surface area contributed by atoms with Gasteiger partial charge in [0.2, 0.25) is 0 Å². The van der Waals surface area contributed by atoms with E-state index in [0.717, 1.165) is 12.1 Å². The molecule has 0 amide bonds. The van der Waals surface area contributed by atoms with Gasteiger partial charge in [-0.3, -0.25) is 0 Å². The van der Waals surface area contributed by atoms with E-state index in [-0.39, 0.29) is 11.4 Å². The van der Waals surface area contributed by atoms with Crippen molar-refractivity contribution in [3.63, 3.8) is 0 Å². The summed E-state index contributed by atoms with van der Waals surface area (Å²) in [5.41, 5.74) is 2.11. The molecule has 0 radical (unpaired) electrons. The fourth-order valence-corrected chi connectivity index (χ4v) is 2.71. The third kappa shape index (κ3) is 2.76. The second-order valence-electron chi connectivity index (χ2n) is 4.48. The topological polar surface area (TPSA) is 0 Å². The lowest BCUT2D eigenvalue weighted by Crippen LogP contribution is -2.03. The fourth-order valence-electron chi connectivity index (χ4n) is 2.18. The van der Waals surface area contributed by atoms with E-state index in [0.29, 0.717) is 16.7 Å². The molecule has 0 fully saturated rings. The molecule has 0 saturated carbocycles. The van der Waals surface area contributed by atoms with Crippen LogP contribution in [0.4, 0.5) is 13.2 Å². The Balaban J connectivity index is 2.53. The Morgan fingerprint density at radius 1 is 0.895 bits per heavy atom. The molecule has 0 aliphatic heterocycles. The zero-order valence-corrected chi connectivity index (χ0v) is 11.2. The highest BCUT2D eigenvalue weighted by Gasteiger charge is 2.20. The van der Waals surface area contributed by atoms with Crippen molar-refractivity contribution in [2.24, 2.45) is 0 Å². The maximum atomic E-state index is 13.7. The average Bonchev–Trinajstić information content (AvgIpc) is 2.26. The highest BCUT2D eigenvalue weighted by Crippen LogP contribution is 2.35. The average molecular weight is 285 g/mol. The van der Waals surface area contributed by atoms with Gasteiger partial charge in [-0.25, -0.2) is 13.2 Å². The molecule has 1 atom stereocenters. The Bertz CT molecular complexity index is 600. The van der Waals surface area contributed by atoms with Crippen molar-refractivity contribution in [2.75, 3.05) is 0 Å². The second kappa shape index (κ2) is 5.25. The monoisotopic (exact) mass is 284 g/mol. The van der Waals surface area contributed by atoms with E-state index < -0.39 is 17.0 Å². The summed E-state index contributed by atoms with van der Waals surface area (Å²) in [7, 11) is 0. The number of hydrogen-bond donors (Lipinski definition) is 0. The Labute approximate surface area is 114 Å². The van der Waals surface area contributed by atoms with E-state index in [1.54, 1.807) is 13.8 Å². The lowest BCUT2D eigenvalue weighted by atomic mass is 9.95. The lowest BCUT2D eigenvalue weighted by molar-refractivity contribution is 0.573. The van der Waals surface area contributed by atoms with Gasteiger partial charge in [0.05, 0.1) is 5.38 Å². The summed E-state index contributed by atoms with van der Waals surface area (Å²) < 4.78 is 39.9. The predicted octanol–water partition coefficient (Wildman–Crippen LogP) is 5.05. The van der Waals surface area contributed by atoms with Gasteiger partial charge in [0.25, 0.3) is 0 Å². The maximum Gasteiger partial charge on any atom is 0.131 e. The zero-order chi connectivity index (χ0) is 14.2. The Morgan fingerprint density at radius 3 is 2.00 bits per heavy atom. The summed E-state index contributed by atoms with van der Waals surface area (Å²) >= 11 is 6.27. The fraction of sp³-hybridized carbons (Fsp3) is 0.200. The third-order valence-corrected chi connectivity index (χ3v) is 3.50. The molecule has 4 heteroatoms. The van der Waals surface area contributed by atoms with Crippen LogP contribution in [0.25, 0.3) is 0 Å². The molecule has 0 nitrogen and oxygen atoms in total.